The maximum atomic E-state index is 2.45. The summed E-state index contributed by atoms with van der Waals surface area (Å²) in [5, 5.41) is 0. The number of hydrogen-bond acceptors (Lipinski definition) is 0. The third-order valence-corrected chi connectivity index (χ3v) is 5.16. The lowest BCUT2D eigenvalue weighted by Crippen LogP contribution is -2.09. The van der Waals surface area contributed by atoms with Gasteiger partial charge < -0.3 is 0 Å². The average Bonchev–Trinajstić information content (AvgIpc) is 2.55. The number of hydrogen-bond donors (Lipinski definition) is 0. The van der Waals surface area contributed by atoms with Crippen LogP contribution in [0.1, 0.15) is 86.5 Å². The summed E-state index contributed by atoms with van der Waals surface area (Å²) in [4.78, 5) is 0. The van der Waals surface area contributed by atoms with E-state index in [2.05, 4.69) is 41.5 Å². The first kappa shape index (κ1) is 16.1. The zero-order valence-electron chi connectivity index (χ0n) is 13.8. The third-order valence-electron chi connectivity index (χ3n) is 5.16. The van der Waals surface area contributed by atoms with Crippen molar-refractivity contribution in [3.8, 4) is 0 Å². The predicted octanol–water partition coefficient (Wildman–Crippen LogP) is 6.30. The molecule has 1 aliphatic rings. The molecule has 0 aliphatic heterocycles. The quantitative estimate of drug-likeness (QED) is 0.520. The van der Waals surface area contributed by atoms with Gasteiger partial charge in [0, 0.05) is 0 Å². The fraction of sp³-hybridized carbons (Fsp3) is 1.00. The Morgan fingerprint density at radius 2 is 1.61 bits per heavy atom. The largest absolute Gasteiger partial charge is 0.0651 e. The second-order valence-electron chi connectivity index (χ2n) is 8.25. The number of rotatable bonds is 6. The molecule has 3 unspecified atom stereocenters. The van der Waals surface area contributed by atoms with Gasteiger partial charge in [0.15, 0.2) is 0 Å². The first-order chi connectivity index (χ1) is 8.31. The van der Waals surface area contributed by atoms with Crippen LogP contribution in [0.25, 0.3) is 0 Å². The van der Waals surface area contributed by atoms with Crippen LogP contribution in [-0.2, 0) is 0 Å². The molecule has 1 saturated carbocycles. The SMILES string of the molecule is CCC(CCCC(C)(C)C)CC1CC(C)C(C)C1. The van der Waals surface area contributed by atoms with Crippen LogP contribution in [0, 0.1) is 29.1 Å². The fourth-order valence-corrected chi connectivity index (χ4v) is 3.69. The molecule has 0 heteroatoms. The van der Waals surface area contributed by atoms with E-state index >= 15 is 0 Å². The van der Waals surface area contributed by atoms with Gasteiger partial charge in [0.25, 0.3) is 0 Å². The molecule has 0 spiro atoms. The van der Waals surface area contributed by atoms with Crippen molar-refractivity contribution in [3.05, 3.63) is 0 Å². The van der Waals surface area contributed by atoms with Crippen molar-refractivity contribution in [2.75, 3.05) is 0 Å². The topological polar surface area (TPSA) is 0 Å². The molecule has 1 rings (SSSR count). The molecule has 0 radical (unpaired) electrons. The Hall–Kier alpha value is 0. The van der Waals surface area contributed by atoms with Crippen molar-refractivity contribution < 1.29 is 0 Å². The van der Waals surface area contributed by atoms with E-state index in [0.29, 0.717) is 5.41 Å². The van der Waals surface area contributed by atoms with Gasteiger partial charge >= 0.3 is 0 Å². The van der Waals surface area contributed by atoms with Gasteiger partial charge in [-0.3, -0.25) is 0 Å². The molecular weight excluding hydrogens is 216 g/mol. The molecule has 0 amide bonds. The van der Waals surface area contributed by atoms with Crippen LogP contribution in [0.2, 0.25) is 0 Å². The van der Waals surface area contributed by atoms with Gasteiger partial charge in [-0.25, -0.2) is 0 Å². The van der Waals surface area contributed by atoms with E-state index in [4.69, 9.17) is 0 Å². The maximum Gasteiger partial charge on any atom is -0.0383 e. The van der Waals surface area contributed by atoms with E-state index in [9.17, 15) is 0 Å². The fourth-order valence-electron chi connectivity index (χ4n) is 3.69. The van der Waals surface area contributed by atoms with Crippen molar-refractivity contribution in [2.24, 2.45) is 29.1 Å². The minimum atomic E-state index is 0.522. The molecule has 0 heterocycles. The van der Waals surface area contributed by atoms with Crippen LogP contribution < -0.4 is 0 Å². The summed E-state index contributed by atoms with van der Waals surface area (Å²) in [6.07, 6.45) is 10.2. The zero-order valence-corrected chi connectivity index (χ0v) is 13.8. The van der Waals surface area contributed by atoms with E-state index in [1.54, 1.807) is 0 Å². The van der Waals surface area contributed by atoms with Crippen LogP contribution in [0.3, 0.4) is 0 Å². The van der Waals surface area contributed by atoms with Crippen LogP contribution in [-0.4, -0.2) is 0 Å². The summed E-state index contributed by atoms with van der Waals surface area (Å²) in [6.45, 7) is 14.4. The van der Waals surface area contributed by atoms with E-state index in [1.807, 2.05) is 0 Å². The van der Waals surface area contributed by atoms with Crippen molar-refractivity contribution >= 4 is 0 Å². The first-order valence-electron chi connectivity index (χ1n) is 8.31. The maximum absolute atomic E-state index is 2.45. The lowest BCUT2D eigenvalue weighted by atomic mass is 9.84. The molecule has 0 N–H and O–H groups in total. The predicted molar refractivity (Wildman–Crippen MR) is 82.8 cm³/mol. The van der Waals surface area contributed by atoms with E-state index < -0.39 is 0 Å². The van der Waals surface area contributed by atoms with Gasteiger partial charge in [-0.1, -0.05) is 60.8 Å². The minimum absolute atomic E-state index is 0.522. The van der Waals surface area contributed by atoms with Crippen molar-refractivity contribution in [2.45, 2.75) is 86.5 Å². The highest BCUT2D eigenvalue weighted by molar-refractivity contribution is 4.80. The molecule has 0 aromatic rings. The third kappa shape index (κ3) is 5.76. The molecule has 0 aromatic carbocycles. The van der Waals surface area contributed by atoms with Gasteiger partial charge in [0.1, 0.15) is 0 Å². The lowest BCUT2D eigenvalue weighted by molar-refractivity contribution is 0.299. The average molecular weight is 252 g/mol. The van der Waals surface area contributed by atoms with Gasteiger partial charge in [0.2, 0.25) is 0 Å². The van der Waals surface area contributed by atoms with Crippen molar-refractivity contribution in [3.63, 3.8) is 0 Å². The molecular formula is C18H36. The van der Waals surface area contributed by atoms with Crippen molar-refractivity contribution in [1.82, 2.24) is 0 Å². The van der Waals surface area contributed by atoms with Gasteiger partial charge in [-0.2, -0.15) is 0 Å². The summed E-state index contributed by atoms with van der Waals surface area (Å²) >= 11 is 0. The second-order valence-corrected chi connectivity index (χ2v) is 8.25. The molecule has 0 saturated heterocycles. The standard InChI is InChI=1S/C18H36/c1-7-16(9-8-10-18(4,5)6)13-17-11-14(2)15(3)12-17/h14-17H,7-13H2,1-6H3. The van der Waals surface area contributed by atoms with Crippen molar-refractivity contribution in [1.29, 1.82) is 0 Å². The molecule has 1 aliphatic carbocycles. The van der Waals surface area contributed by atoms with Crippen LogP contribution in [0.4, 0.5) is 0 Å². The summed E-state index contributed by atoms with van der Waals surface area (Å²) in [5.74, 6) is 3.98. The van der Waals surface area contributed by atoms with Crippen LogP contribution in [0.15, 0.2) is 0 Å². The molecule has 18 heavy (non-hydrogen) atoms. The monoisotopic (exact) mass is 252 g/mol. The van der Waals surface area contributed by atoms with E-state index in [1.165, 1.54) is 44.9 Å². The summed E-state index contributed by atoms with van der Waals surface area (Å²) in [7, 11) is 0. The molecule has 1 fully saturated rings. The highest BCUT2D eigenvalue weighted by Crippen LogP contribution is 2.40. The first-order valence-corrected chi connectivity index (χ1v) is 8.31. The molecule has 0 bridgehead atoms. The summed E-state index contributed by atoms with van der Waals surface area (Å²) in [5.41, 5.74) is 0.522. The minimum Gasteiger partial charge on any atom is -0.0651 e. The smallest absolute Gasteiger partial charge is 0.0383 e. The Morgan fingerprint density at radius 3 is 2.06 bits per heavy atom. The van der Waals surface area contributed by atoms with Gasteiger partial charge in [-0.05, 0) is 54.8 Å². The van der Waals surface area contributed by atoms with Crippen LogP contribution in [0.5, 0.6) is 0 Å². The molecule has 0 nitrogen and oxygen atoms in total. The summed E-state index contributed by atoms with van der Waals surface area (Å²) < 4.78 is 0. The molecule has 0 aromatic heterocycles. The highest BCUT2D eigenvalue weighted by atomic mass is 14.3. The van der Waals surface area contributed by atoms with E-state index in [0.717, 1.165) is 23.7 Å². The Bertz CT molecular complexity index is 213. The Morgan fingerprint density at radius 1 is 1.06 bits per heavy atom. The molecule has 108 valence electrons. The Labute approximate surface area is 116 Å². The normalized spacial score (nSPS) is 30.7. The Balaban J connectivity index is 2.25. The zero-order chi connectivity index (χ0) is 13.8. The summed E-state index contributed by atoms with van der Waals surface area (Å²) in [6, 6.07) is 0. The highest BCUT2D eigenvalue weighted by Gasteiger charge is 2.29. The van der Waals surface area contributed by atoms with E-state index in [-0.39, 0.29) is 0 Å². The lowest BCUT2D eigenvalue weighted by Gasteiger charge is -2.22. The van der Waals surface area contributed by atoms with Crippen LogP contribution >= 0.6 is 0 Å². The van der Waals surface area contributed by atoms with Gasteiger partial charge in [0.05, 0.1) is 0 Å². The second kappa shape index (κ2) is 6.96. The Kier molecular flexibility index (Phi) is 6.21. The van der Waals surface area contributed by atoms with Gasteiger partial charge in [-0.15, -0.1) is 0 Å². The molecule has 3 atom stereocenters.